The predicted octanol–water partition coefficient (Wildman–Crippen LogP) is 4.31. The van der Waals surface area contributed by atoms with Crippen LogP contribution in [0.15, 0.2) is 71.8 Å². The fraction of sp³-hybridized carbons (Fsp3) is 0.514. The van der Waals surface area contributed by atoms with Gasteiger partial charge in [0.2, 0.25) is 0 Å². The molecule has 3 aromatic rings. The van der Waals surface area contributed by atoms with E-state index in [0.717, 1.165) is 17.8 Å². The Morgan fingerprint density at radius 2 is 1.30 bits per heavy atom. The van der Waals surface area contributed by atoms with Crippen molar-refractivity contribution in [2.24, 2.45) is 29.1 Å². The molecule has 0 N–H and O–H groups in total. The Morgan fingerprint density at radius 1 is 0.800 bits per heavy atom. The molecule has 3 aromatic carbocycles. The summed E-state index contributed by atoms with van der Waals surface area (Å²) in [6, 6.07) is 19.3. The molecular formula is C37H44Cl2Zr-2. The van der Waals surface area contributed by atoms with E-state index in [2.05, 4.69) is 80.6 Å². The van der Waals surface area contributed by atoms with Crippen LogP contribution in [0.4, 0.5) is 0 Å². The van der Waals surface area contributed by atoms with Gasteiger partial charge in [-0.3, -0.25) is 6.08 Å². The van der Waals surface area contributed by atoms with Gasteiger partial charge in [-0.25, -0.2) is 5.57 Å². The molecule has 5 saturated carbocycles. The van der Waals surface area contributed by atoms with Crippen LogP contribution in [0.25, 0.3) is 21.5 Å². The molecule has 9 rings (SSSR count). The summed E-state index contributed by atoms with van der Waals surface area (Å²) in [5.41, 5.74) is 3.80. The summed E-state index contributed by atoms with van der Waals surface area (Å²) in [5, 5.41) is 5.39. The first-order chi connectivity index (χ1) is 18.5. The van der Waals surface area contributed by atoms with Crippen LogP contribution >= 0.6 is 0 Å². The molecule has 1 atom stereocenters. The molecule has 6 aliphatic carbocycles. The van der Waals surface area contributed by atoms with E-state index in [1.807, 2.05) is 0 Å². The van der Waals surface area contributed by atoms with Crippen LogP contribution in [0.1, 0.15) is 90.9 Å². The van der Waals surface area contributed by atoms with Gasteiger partial charge in [-0.15, -0.1) is 39.7 Å². The minimum absolute atomic E-state index is 0. The van der Waals surface area contributed by atoms with E-state index in [0.29, 0.717) is 11.3 Å². The van der Waals surface area contributed by atoms with Crippen molar-refractivity contribution in [2.45, 2.75) is 90.9 Å². The standard InChI is InChI=1S/C18H25.C13H9.C6H10.2ClH.Zr/c1-12-3-13(2)17(4-12)11-18-8-14-5-15(9-18)7-16(6-14)10-18;1-3-7-12-10(5-1)9-11-6-2-4-8-13(11)12;1-2-4-6-5-3-1;;;/h4,12,14-16H,5-11H2,1-2H3;1-9H;1-5H2;2*1H;/q2*-1;;;;+2/p-2. The molecule has 0 spiro atoms. The molecule has 0 aromatic heterocycles. The molecule has 0 aliphatic heterocycles. The second-order valence-corrected chi connectivity index (χ2v) is 15.1. The van der Waals surface area contributed by atoms with E-state index in [1.165, 1.54) is 65.6 Å². The van der Waals surface area contributed by atoms with Gasteiger partial charge < -0.3 is 24.8 Å². The van der Waals surface area contributed by atoms with Crippen LogP contribution in [0, 0.1) is 35.2 Å². The quantitative estimate of drug-likeness (QED) is 0.363. The van der Waals surface area contributed by atoms with E-state index in [1.54, 1.807) is 71.5 Å². The molecule has 4 bridgehead atoms. The number of fused-ring (bicyclic) bond motifs is 3. The number of rotatable bonds is 2. The summed E-state index contributed by atoms with van der Waals surface area (Å²) in [4.78, 5) is 0. The third-order valence-electron chi connectivity index (χ3n) is 10.1. The van der Waals surface area contributed by atoms with Gasteiger partial charge in [-0.1, -0.05) is 62.6 Å². The zero-order valence-electron chi connectivity index (χ0n) is 24.3. The molecule has 1 unspecified atom stereocenters. The zero-order chi connectivity index (χ0) is 26.1. The van der Waals surface area contributed by atoms with Crippen molar-refractivity contribution in [1.29, 1.82) is 0 Å². The summed E-state index contributed by atoms with van der Waals surface area (Å²) in [6.45, 7) is 4.55. The van der Waals surface area contributed by atoms with Gasteiger partial charge in [0.25, 0.3) is 0 Å². The number of allylic oxidation sites excluding steroid dienone is 4. The second-order valence-electron chi connectivity index (χ2n) is 13.3. The Morgan fingerprint density at radius 3 is 1.73 bits per heavy atom. The zero-order valence-corrected chi connectivity index (χ0v) is 28.3. The molecule has 6 aliphatic rings. The maximum Gasteiger partial charge on any atom is -0.0771 e. The summed E-state index contributed by atoms with van der Waals surface area (Å²) < 4.78 is 1.80. The van der Waals surface area contributed by atoms with E-state index in [9.17, 15) is 0 Å². The molecule has 3 heteroatoms. The molecule has 0 nitrogen and oxygen atoms in total. The van der Waals surface area contributed by atoms with Gasteiger partial charge in [0, 0.05) is 0 Å². The monoisotopic (exact) mass is 648 g/mol. The normalized spacial score (nSPS) is 29.9. The van der Waals surface area contributed by atoms with Crippen LogP contribution in [0.3, 0.4) is 0 Å². The average Bonchev–Trinajstić information content (AvgIpc) is 3.42. The van der Waals surface area contributed by atoms with Crippen molar-refractivity contribution in [3.63, 3.8) is 0 Å². The molecule has 0 radical (unpaired) electrons. The molecule has 0 amide bonds. The molecular weight excluding hydrogens is 607 g/mol. The Kier molecular flexibility index (Phi) is 11.3. The summed E-state index contributed by atoms with van der Waals surface area (Å²) in [6.07, 6.45) is 24.1. The Bertz CT molecular complexity index is 1270. The largest absolute Gasteiger partial charge is 0.126 e. The van der Waals surface area contributed by atoms with E-state index >= 15 is 0 Å². The van der Waals surface area contributed by atoms with Gasteiger partial charge in [0.15, 0.2) is 0 Å². The predicted molar refractivity (Wildman–Crippen MR) is 160 cm³/mol. The summed E-state index contributed by atoms with van der Waals surface area (Å²) >= 11 is 1.69. The van der Waals surface area contributed by atoms with Gasteiger partial charge in [0.05, 0.1) is 0 Å². The third kappa shape index (κ3) is 7.36. The molecule has 0 saturated heterocycles. The number of hydrogen-bond acceptors (Lipinski definition) is 0. The van der Waals surface area contributed by atoms with Crippen molar-refractivity contribution >= 4 is 24.8 Å². The van der Waals surface area contributed by atoms with E-state index in [-0.39, 0.29) is 24.8 Å². The Balaban J connectivity index is 0.000000148. The van der Waals surface area contributed by atoms with Gasteiger partial charge >= 0.3 is 59.5 Å². The van der Waals surface area contributed by atoms with Crippen LogP contribution in [0.2, 0.25) is 0 Å². The minimum Gasteiger partial charge on any atom is -0.126 e. The topological polar surface area (TPSA) is 0 Å². The molecule has 40 heavy (non-hydrogen) atoms. The number of benzene rings is 2. The average molecular weight is 651 g/mol. The fourth-order valence-corrected chi connectivity index (χ4v) is 9.76. The van der Waals surface area contributed by atoms with E-state index in [4.69, 9.17) is 0 Å². The minimum atomic E-state index is 0. The van der Waals surface area contributed by atoms with Crippen molar-refractivity contribution in [2.75, 3.05) is 0 Å². The number of hydrogen-bond donors (Lipinski definition) is 0. The van der Waals surface area contributed by atoms with Gasteiger partial charge in [-0.2, -0.15) is 11.6 Å². The second kappa shape index (κ2) is 14.1. The first-order valence-corrected chi connectivity index (χ1v) is 16.6. The van der Waals surface area contributed by atoms with Crippen molar-refractivity contribution < 1.29 is 49.0 Å². The Labute approximate surface area is 270 Å². The van der Waals surface area contributed by atoms with Crippen LogP contribution in [-0.2, 0) is 24.2 Å². The molecule has 0 heterocycles. The first-order valence-electron chi connectivity index (χ1n) is 15.4. The van der Waals surface area contributed by atoms with E-state index < -0.39 is 0 Å². The fourth-order valence-electron chi connectivity index (χ4n) is 8.89. The van der Waals surface area contributed by atoms with Crippen LogP contribution in [-0.4, -0.2) is 3.21 Å². The van der Waals surface area contributed by atoms with Crippen LogP contribution in [0.5, 0.6) is 0 Å². The first kappa shape index (κ1) is 32.0. The summed E-state index contributed by atoms with van der Waals surface area (Å²) in [7, 11) is 0. The third-order valence-corrected chi connectivity index (χ3v) is 11.3. The Hall–Kier alpha value is -0.877. The number of halogens is 2. The van der Waals surface area contributed by atoms with Gasteiger partial charge in [0.1, 0.15) is 0 Å². The maximum atomic E-state index is 3.57. The van der Waals surface area contributed by atoms with Crippen molar-refractivity contribution in [1.82, 2.24) is 0 Å². The SMILES string of the molecule is CC1=[C-]C(C)C=C1CC12CC3CC(CC(C3)C1)C2.[Cl-].[Cl-].[Zr+2]=[C]1CCCCC1.c1ccc2c(c1)[cH-]c1ccccc12. The van der Waals surface area contributed by atoms with Crippen molar-refractivity contribution in [3.05, 3.63) is 77.9 Å². The smallest absolute Gasteiger partial charge is 0.0771 e. The molecule has 212 valence electrons. The van der Waals surface area contributed by atoms with Crippen LogP contribution < -0.4 is 24.8 Å². The molecule has 5 fully saturated rings. The van der Waals surface area contributed by atoms with Gasteiger partial charge in [-0.05, 0) is 61.7 Å². The maximum absolute atomic E-state index is 3.57. The summed E-state index contributed by atoms with van der Waals surface area (Å²) in [5.74, 6) is 3.82. The van der Waals surface area contributed by atoms with Crippen molar-refractivity contribution in [3.8, 4) is 0 Å².